The van der Waals surface area contributed by atoms with Gasteiger partial charge in [-0.25, -0.2) is 9.78 Å². The van der Waals surface area contributed by atoms with Gasteiger partial charge in [0.25, 0.3) is 0 Å². The zero-order chi connectivity index (χ0) is 17.0. The zero-order valence-electron chi connectivity index (χ0n) is 13.9. The Balaban J connectivity index is 1.93. The van der Waals surface area contributed by atoms with E-state index in [1.807, 2.05) is 27.7 Å². The van der Waals surface area contributed by atoms with E-state index in [4.69, 9.17) is 21.1 Å². The molecular weight excluding hydrogens is 320 g/mol. The van der Waals surface area contributed by atoms with Crippen LogP contribution in [0.4, 0.5) is 10.7 Å². The van der Waals surface area contributed by atoms with Gasteiger partial charge in [0, 0.05) is 19.1 Å². The molecule has 1 amide bonds. The Labute approximate surface area is 141 Å². The highest BCUT2D eigenvalue weighted by Crippen LogP contribution is 2.23. The second kappa shape index (κ2) is 7.21. The van der Waals surface area contributed by atoms with Crippen LogP contribution < -0.4 is 10.1 Å². The smallest absolute Gasteiger partial charge is 0.410 e. The maximum Gasteiger partial charge on any atom is 0.410 e. The molecule has 0 unspecified atom stereocenters. The van der Waals surface area contributed by atoms with Gasteiger partial charge in [-0.2, -0.15) is 4.98 Å². The third-order valence-electron chi connectivity index (χ3n) is 3.17. The monoisotopic (exact) mass is 342 g/mol. The van der Waals surface area contributed by atoms with Crippen LogP contribution in [0.15, 0.2) is 6.20 Å². The average molecular weight is 343 g/mol. The fourth-order valence-corrected chi connectivity index (χ4v) is 2.36. The van der Waals surface area contributed by atoms with E-state index in [-0.39, 0.29) is 12.1 Å². The van der Waals surface area contributed by atoms with E-state index < -0.39 is 5.60 Å². The first-order chi connectivity index (χ1) is 10.8. The maximum atomic E-state index is 12.1. The molecule has 1 aliphatic rings. The number of carbonyl (C=O) groups excluding carboxylic acids is 1. The van der Waals surface area contributed by atoms with Gasteiger partial charge in [0.15, 0.2) is 0 Å². The second-order valence-electron chi connectivity index (χ2n) is 6.34. The first kappa shape index (κ1) is 17.6. The minimum Gasteiger partial charge on any atom is -0.477 e. The lowest BCUT2D eigenvalue weighted by Crippen LogP contribution is -2.36. The fraction of sp³-hybridized carbons (Fsp3) is 0.667. The van der Waals surface area contributed by atoms with E-state index in [9.17, 15) is 4.79 Å². The summed E-state index contributed by atoms with van der Waals surface area (Å²) in [7, 11) is 0. The van der Waals surface area contributed by atoms with Gasteiger partial charge in [0.05, 0.1) is 12.8 Å². The predicted molar refractivity (Wildman–Crippen MR) is 88.0 cm³/mol. The highest BCUT2D eigenvalue weighted by Gasteiger charge is 2.30. The Bertz CT molecular complexity index is 562. The van der Waals surface area contributed by atoms with Crippen LogP contribution in [0.5, 0.6) is 5.88 Å². The van der Waals surface area contributed by atoms with Crippen LogP contribution in [-0.4, -0.2) is 52.3 Å². The highest BCUT2D eigenvalue weighted by atomic mass is 35.5. The number of hydrogen-bond donors (Lipinski definition) is 1. The second-order valence-corrected chi connectivity index (χ2v) is 6.74. The molecule has 0 aliphatic carbocycles. The number of amides is 1. The summed E-state index contributed by atoms with van der Waals surface area (Å²) in [5.74, 6) is 0.794. The van der Waals surface area contributed by atoms with Crippen LogP contribution in [-0.2, 0) is 4.74 Å². The summed E-state index contributed by atoms with van der Waals surface area (Å²) < 4.78 is 10.7. The number of hydrogen-bond acceptors (Lipinski definition) is 6. The highest BCUT2D eigenvalue weighted by molar-refractivity contribution is 6.31. The lowest BCUT2D eigenvalue weighted by molar-refractivity contribution is 0.0293. The Morgan fingerprint density at radius 1 is 1.52 bits per heavy atom. The van der Waals surface area contributed by atoms with Crippen molar-refractivity contribution in [3.8, 4) is 5.88 Å². The number of ether oxygens (including phenoxy) is 2. The van der Waals surface area contributed by atoms with Gasteiger partial charge >= 0.3 is 6.09 Å². The van der Waals surface area contributed by atoms with E-state index in [1.54, 1.807) is 4.90 Å². The Morgan fingerprint density at radius 2 is 2.26 bits per heavy atom. The fourth-order valence-electron chi connectivity index (χ4n) is 2.21. The Hall–Kier alpha value is -1.76. The lowest BCUT2D eigenvalue weighted by Gasteiger charge is -2.24. The Morgan fingerprint density at radius 3 is 2.91 bits per heavy atom. The van der Waals surface area contributed by atoms with Crippen molar-refractivity contribution < 1.29 is 14.3 Å². The average Bonchev–Trinajstić information content (AvgIpc) is 2.90. The first-order valence-corrected chi connectivity index (χ1v) is 8.06. The minimum atomic E-state index is -0.492. The zero-order valence-corrected chi connectivity index (χ0v) is 14.7. The summed E-state index contributed by atoms with van der Waals surface area (Å²) in [6.45, 7) is 9.09. The number of nitrogens with one attached hydrogen (secondary N) is 1. The van der Waals surface area contributed by atoms with Crippen molar-refractivity contribution in [2.45, 2.75) is 45.8 Å². The predicted octanol–water partition coefficient (Wildman–Crippen LogP) is 2.95. The van der Waals surface area contributed by atoms with E-state index in [1.165, 1.54) is 6.20 Å². The van der Waals surface area contributed by atoms with Gasteiger partial charge in [0.2, 0.25) is 11.8 Å². The molecule has 1 aromatic rings. The molecule has 1 N–H and O–H groups in total. The van der Waals surface area contributed by atoms with Crippen LogP contribution >= 0.6 is 11.6 Å². The quantitative estimate of drug-likeness (QED) is 0.906. The Kier molecular flexibility index (Phi) is 5.51. The molecule has 2 rings (SSSR count). The first-order valence-electron chi connectivity index (χ1n) is 7.68. The number of carbonyl (C=O) groups is 1. The van der Waals surface area contributed by atoms with Gasteiger partial charge in [-0.15, -0.1) is 0 Å². The van der Waals surface area contributed by atoms with Crippen molar-refractivity contribution in [1.29, 1.82) is 0 Å². The molecule has 1 atom stereocenters. The third kappa shape index (κ3) is 5.13. The molecule has 23 heavy (non-hydrogen) atoms. The molecule has 1 fully saturated rings. The summed E-state index contributed by atoms with van der Waals surface area (Å²) in [5.41, 5.74) is -0.492. The van der Waals surface area contributed by atoms with Crippen LogP contribution in [0.2, 0.25) is 5.02 Å². The third-order valence-corrected chi connectivity index (χ3v) is 3.43. The number of halogens is 1. The van der Waals surface area contributed by atoms with E-state index in [2.05, 4.69) is 15.3 Å². The summed E-state index contributed by atoms with van der Waals surface area (Å²) in [6, 6.07) is 0.0678. The van der Waals surface area contributed by atoms with Gasteiger partial charge in [0.1, 0.15) is 10.6 Å². The van der Waals surface area contributed by atoms with Crippen molar-refractivity contribution in [3.05, 3.63) is 11.2 Å². The molecule has 1 aliphatic heterocycles. The summed E-state index contributed by atoms with van der Waals surface area (Å²) in [5, 5.41) is 3.58. The largest absolute Gasteiger partial charge is 0.477 e. The number of aromatic nitrogens is 2. The molecule has 128 valence electrons. The summed E-state index contributed by atoms with van der Waals surface area (Å²) in [6.07, 6.45) is 2.01. The van der Waals surface area contributed by atoms with Crippen LogP contribution in [0.3, 0.4) is 0 Å². The number of rotatable bonds is 4. The normalized spacial score (nSPS) is 18.0. The van der Waals surface area contributed by atoms with Crippen molar-refractivity contribution in [2.24, 2.45) is 0 Å². The molecule has 0 aromatic carbocycles. The van der Waals surface area contributed by atoms with Gasteiger partial charge in [-0.05, 0) is 34.1 Å². The van der Waals surface area contributed by atoms with Crippen LogP contribution in [0.25, 0.3) is 0 Å². The SMILES string of the molecule is CCOc1nc(N[C@H]2CCN(C(=O)OC(C)(C)C)C2)ncc1Cl. The number of nitrogens with zero attached hydrogens (tertiary/aromatic N) is 3. The minimum absolute atomic E-state index is 0.0678. The summed E-state index contributed by atoms with van der Waals surface area (Å²) in [4.78, 5) is 22.1. The molecule has 2 heterocycles. The molecule has 0 radical (unpaired) electrons. The van der Waals surface area contributed by atoms with E-state index >= 15 is 0 Å². The molecule has 0 spiro atoms. The molecular formula is C15H23ClN4O3. The molecule has 1 aromatic heterocycles. The maximum absolute atomic E-state index is 12.1. The number of anilines is 1. The van der Waals surface area contributed by atoms with Gasteiger partial charge < -0.3 is 19.7 Å². The van der Waals surface area contributed by atoms with Crippen molar-refractivity contribution in [3.63, 3.8) is 0 Å². The standard InChI is InChI=1S/C15H23ClN4O3/c1-5-22-12-11(16)8-17-13(19-12)18-10-6-7-20(9-10)14(21)23-15(2,3)4/h8,10H,5-7,9H2,1-4H3,(H,17,18,19)/t10-/m0/s1. The molecule has 8 heteroatoms. The topological polar surface area (TPSA) is 76.6 Å². The molecule has 1 saturated heterocycles. The lowest BCUT2D eigenvalue weighted by atomic mass is 10.2. The van der Waals surface area contributed by atoms with Crippen molar-refractivity contribution >= 4 is 23.6 Å². The van der Waals surface area contributed by atoms with Crippen LogP contribution in [0, 0.1) is 0 Å². The molecule has 7 nitrogen and oxygen atoms in total. The van der Waals surface area contributed by atoms with E-state index in [0.717, 1.165) is 6.42 Å². The van der Waals surface area contributed by atoms with Crippen LogP contribution in [0.1, 0.15) is 34.1 Å². The summed E-state index contributed by atoms with van der Waals surface area (Å²) >= 11 is 5.97. The molecule has 0 saturated carbocycles. The number of likely N-dealkylation sites (tertiary alicyclic amines) is 1. The van der Waals surface area contributed by atoms with Gasteiger partial charge in [-0.1, -0.05) is 11.6 Å². The van der Waals surface area contributed by atoms with Crippen molar-refractivity contribution in [1.82, 2.24) is 14.9 Å². The molecule has 0 bridgehead atoms. The van der Waals surface area contributed by atoms with E-state index in [0.29, 0.717) is 36.5 Å². The van der Waals surface area contributed by atoms with Gasteiger partial charge in [-0.3, -0.25) is 0 Å². The van der Waals surface area contributed by atoms with Crippen molar-refractivity contribution in [2.75, 3.05) is 25.0 Å².